The van der Waals surface area contributed by atoms with Crippen molar-refractivity contribution < 1.29 is 24.2 Å². The van der Waals surface area contributed by atoms with Gasteiger partial charge in [-0.15, -0.1) is 0 Å². The second kappa shape index (κ2) is 8.78. The maximum Gasteiger partial charge on any atom is 0.409 e. The lowest BCUT2D eigenvalue weighted by atomic mass is 9.33. The van der Waals surface area contributed by atoms with Crippen molar-refractivity contribution >= 4 is 17.7 Å². The zero-order valence-corrected chi connectivity index (χ0v) is 26.4. The Balaban J connectivity index is 1.64. The van der Waals surface area contributed by atoms with Crippen molar-refractivity contribution in [3.05, 3.63) is 23.3 Å². The Morgan fingerprint density at radius 2 is 1.68 bits per heavy atom. The quantitative estimate of drug-likeness (QED) is 0.440. The van der Waals surface area contributed by atoms with E-state index in [2.05, 4.69) is 40.7 Å². The highest BCUT2D eigenvalue weighted by Crippen LogP contribution is 2.75. The van der Waals surface area contributed by atoms with Crippen molar-refractivity contribution in [2.75, 3.05) is 20.7 Å². The summed E-state index contributed by atoms with van der Waals surface area (Å²) in [7, 11) is 3.12. The fourth-order valence-corrected chi connectivity index (χ4v) is 10.8. The summed E-state index contributed by atoms with van der Waals surface area (Å²) in [5.41, 5.74) is -3.46. The molecule has 3 saturated carbocycles. The van der Waals surface area contributed by atoms with Crippen LogP contribution in [0.15, 0.2) is 23.3 Å². The number of ether oxygens (including phenoxy) is 1. The van der Waals surface area contributed by atoms with Crippen LogP contribution in [0.3, 0.4) is 0 Å². The maximum absolute atomic E-state index is 14.6. The number of carbonyl (C=O) groups excluding carboxylic acids is 3. The van der Waals surface area contributed by atoms with Crippen molar-refractivity contribution in [2.45, 2.75) is 99.0 Å². The van der Waals surface area contributed by atoms with Crippen molar-refractivity contribution in [1.82, 2.24) is 4.90 Å². The number of carbonyl (C=O) groups is 3. The molecule has 0 spiro atoms. The number of amides is 1. The van der Waals surface area contributed by atoms with Gasteiger partial charge in [-0.1, -0.05) is 54.5 Å². The molecule has 8 atom stereocenters. The molecule has 7 nitrogen and oxygen atoms in total. The average molecular weight is 565 g/mol. The third-order valence-electron chi connectivity index (χ3n) is 13.5. The molecule has 0 aromatic heterocycles. The summed E-state index contributed by atoms with van der Waals surface area (Å²) in [6.07, 6.45) is 8.80. The average Bonchev–Trinajstić information content (AvgIpc) is 2.90. The second-order valence-electron chi connectivity index (χ2n) is 16.0. The van der Waals surface area contributed by atoms with E-state index in [1.807, 2.05) is 19.9 Å². The van der Waals surface area contributed by atoms with Gasteiger partial charge in [0.05, 0.1) is 12.7 Å². The molecule has 0 heterocycles. The van der Waals surface area contributed by atoms with E-state index in [9.17, 15) is 24.8 Å². The predicted octanol–water partition coefficient (Wildman–Crippen LogP) is 6.02. The number of hydrogen-bond donors (Lipinski definition) is 1. The van der Waals surface area contributed by atoms with Crippen LogP contribution in [0.25, 0.3) is 0 Å². The summed E-state index contributed by atoms with van der Waals surface area (Å²) in [4.78, 5) is 41.7. The number of methoxy groups -OCH3 is 1. The molecule has 0 aromatic carbocycles. The largest absolute Gasteiger partial charge is 0.453 e. The minimum atomic E-state index is -1.56. The molecular weight excluding hydrogens is 516 g/mol. The Morgan fingerprint density at radius 3 is 2.29 bits per heavy atom. The molecule has 3 fully saturated rings. The van der Waals surface area contributed by atoms with E-state index in [0.717, 1.165) is 44.1 Å². The smallest absolute Gasteiger partial charge is 0.409 e. The molecule has 0 aromatic rings. The first-order valence-corrected chi connectivity index (χ1v) is 15.3. The van der Waals surface area contributed by atoms with Gasteiger partial charge in [-0.2, -0.15) is 5.26 Å². The first-order chi connectivity index (χ1) is 18.8. The highest BCUT2D eigenvalue weighted by molar-refractivity contribution is 6.05. The van der Waals surface area contributed by atoms with E-state index in [1.165, 1.54) is 7.11 Å². The van der Waals surface area contributed by atoms with Crippen LogP contribution in [0.4, 0.5) is 4.79 Å². The molecule has 0 aliphatic heterocycles. The summed E-state index contributed by atoms with van der Waals surface area (Å²) in [6, 6.07) is 2.15. The van der Waals surface area contributed by atoms with Crippen LogP contribution in [0.5, 0.6) is 0 Å². The first kappa shape index (κ1) is 30.0. The fraction of sp³-hybridized carbons (Fsp3) is 0.765. The molecule has 5 aliphatic rings. The highest BCUT2D eigenvalue weighted by Gasteiger charge is 2.75. The van der Waals surface area contributed by atoms with Gasteiger partial charge in [0.1, 0.15) is 11.7 Å². The number of aliphatic hydroxyl groups is 1. The van der Waals surface area contributed by atoms with Crippen molar-refractivity contribution in [3.8, 4) is 6.07 Å². The van der Waals surface area contributed by atoms with Gasteiger partial charge >= 0.3 is 6.09 Å². The number of rotatable bonds is 2. The molecule has 224 valence electrons. The van der Waals surface area contributed by atoms with Crippen LogP contribution in [0.1, 0.15) is 93.4 Å². The molecule has 0 saturated heterocycles. The molecule has 1 amide bonds. The van der Waals surface area contributed by atoms with Crippen molar-refractivity contribution in [1.29, 1.82) is 5.26 Å². The topological polar surface area (TPSA) is 108 Å². The van der Waals surface area contributed by atoms with Crippen LogP contribution in [-0.2, 0) is 14.3 Å². The lowest BCUT2D eigenvalue weighted by molar-refractivity contribution is -0.243. The molecule has 0 unspecified atom stereocenters. The van der Waals surface area contributed by atoms with E-state index in [0.29, 0.717) is 13.0 Å². The van der Waals surface area contributed by atoms with E-state index in [4.69, 9.17) is 4.74 Å². The number of ketones is 2. The molecule has 5 rings (SSSR count). The Bertz CT molecular complexity index is 1320. The van der Waals surface area contributed by atoms with Crippen molar-refractivity contribution in [3.63, 3.8) is 0 Å². The number of Topliss-reactive ketones (excluding diaryl/α,β-unsaturated/α-hetero) is 1. The Hall–Kier alpha value is -2.46. The van der Waals surface area contributed by atoms with Crippen LogP contribution >= 0.6 is 0 Å². The Morgan fingerprint density at radius 1 is 1.05 bits per heavy atom. The standard InChI is InChI=1S/C34H48N2O5/c1-28(2)22-10-11-32(6)23(31(22,5)17-21(19-35)26(28)38)16-25(37)34(40)24-18-29(3,20-36(8)27(39)41-9)12-13-30(24,4)14-15-33(32,34)7/h16-17,22,24,40H,10-15,18,20H2,1-9H3/t22-,24+,29-,30+,31-,32+,33-,34+/m0/s1. The zero-order valence-electron chi connectivity index (χ0n) is 26.4. The second-order valence-corrected chi connectivity index (χ2v) is 16.0. The molecule has 41 heavy (non-hydrogen) atoms. The van der Waals surface area contributed by atoms with E-state index < -0.39 is 27.3 Å². The summed E-state index contributed by atoms with van der Waals surface area (Å²) in [5.74, 6) is -0.663. The lowest BCUT2D eigenvalue weighted by Gasteiger charge is -2.71. The summed E-state index contributed by atoms with van der Waals surface area (Å²) in [5, 5.41) is 22.9. The van der Waals surface area contributed by atoms with Gasteiger partial charge < -0.3 is 14.7 Å². The van der Waals surface area contributed by atoms with Gasteiger partial charge in [-0.25, -0.2) is 4.79 Å². The normalized spacial score (nSPS) is 46.5. The molecule has 0 radical (unpaired) electrons. The van der Waals surface area contributed by atoms with Crippen molar-refractivity contribution in [2.24, 2.45) is 44.3 Å². The van der Waals surface area contributed by atoms with E-state index >= 15 is 0 Å². The number of hydrogen-bond acceptors (Lipinski definition) is 6. The van der Waals surface area contributed by atoms with Gasteiger partial charge in [-0.3, -0.25) is 9.59 Å². The van der Waals surface area contributed by atoms with Gasteiger partial charge in [0.25, 0.3) is 0 Å². The molecule has 5 aliphatic carbocycles. The summed E-state index contributed by atoms with van der Waals surface area (Å²) in [6.45, 7) is 15.2. The minimum Gasteiger partial charge on any atom is -0.453 e. The van der Waals surface area contributed by atoms with E-state index in [1.54, 1.807) is 18.0 Å². The minimum absolute atomic E-state index is 0.0396. The monoisotopic (exact) mass is 564 g/mol. The van der Waals surface area contributed by atoms with Gasteiger partial charge in [0, 0.05) is 35.8 Å². The predicted molar refractivity (Wildman–Crippen MR) is 155 cm³/mol. The van der Waals surface area contributed by atoms with Gasteiger partial charge in [0.15, 0.2) is 11.6 Å². The third-order valence-corrected chi connectivity index (χ3v) is 13.5. The number of nitrogens with zero attached hydrogens (tertiary/aromatic N) is 2. The molecule has 7 heteroatoms. The van der Waals surface area contributed by atoms with Gasteiger partial charge in [0.2, 0.25) is 0 Å². The zero-order chi connectivity index (χ0) is 30.6. The number of fused-ring (bicyclic) bond motifs is 7. The molecule has 1 N–H and O–H groups in total. The molecular formula is C34H48N2O5. The van der Waals surface area contributed by atoms with Crippen LogP contribution < -0.4 is 0 Å². The Kier molecular flexibility index (Phi) is 6.43. The third kappa shape index (κ3) is 3.61. The Labute approximate surface area is 245 Å². The summed E-state index contributed by atoms with van der Waals surface area (Å²) < 4.78 is 4.96. The number of nitriles is 1. The highest BCUT2D eigenvalue weighted by atomic mass is 16.5. The maximum atomic E-state index is 14.6. The number of allylic oxidation sites excluding steroid dienone is 3. The fourth-order valence-electron chi connectivity index (χ4n) is 10.8. The lowest BCUT2D eigenvalue weighted by Crippen LogP contribution is -2.74. The summed E-state index contributed by atoms with van der Waals surface area (Å²) >= 11 is 0. The molecule has 0 bridgehead atoms. The van der Waals surface area contributed by atoms with Crippen LogP contribution in [0, 0.1) is 55.7 Å². The van der Waals surface area contributed by atoms with Crippen LogP contribution in [0.2, 0.25) is 0 Å². The van der Waals surface area contributed by atoms with Gasteiger partial charge in [-0.05, 0) is 78.8 Å². The first-order valence-electron chi connectivity index (χ1n) is 15.3. The SMILES string of the molecule is COC(=O)N(C)C[C@@]1(C)CC[C@]2(C)CC[C@@]3(C)[C@]4(C)CC[C@H]5C(C)(C)C(=O)C(C#N)=C[C@]5(C)C4=CC(=O)[C@]3(O)[C@@H]2C1. The van der Waals surface area contributed by atoms with Crippen LogP contribution in [-0.4, -0.2) is 54.0 Å². The van der Waals surface area contributed by atoms with E-state index in [-0.39, 0.29) is 45.9 Å².